The number of halogens is 1. The molecule has 7 nitrogen and oxygen atoms in total. The molecular weight excluding hydrogens is 363 g/mol. The summed E-state index contributed by atoms with van der Waals surface area (Å²) in [5.74, 6) is -0.0537. The Bertz CT molecular complexity index is 906. The fraction of sp³-hybridized carbons (Fsp3) is 0.400. The number of aromatic nitrogens is 2. The first-order chi connectivity index (χ1) is 13.5. The highest BCUT2D eigenvalue weighted by molar-refractivity contribution is 5.87. The molecule has 1 fully saturated rings. The van der Waals surface area contributed by atoms with E-state index in [-0.39, 0.29) is 30.3 Å². The number of benzene rings is 1. The molecule has 1 saturated heterocycles. The molecule has 1 N–H and O–H groups in total. The third-order valence-corrected chi connectivity index (χ3v) is 5.17. The van der Waals surface area contributed by atoms with Crippen LogP contribution in [0.1, 0.15) is 25.3 Å². The zero-order valence-electron chi connectivity index (χ0n) is 15.5. The Labute approximate surface area is 161 Å². The van der Waals surface area contributed by atoms with E-state index in [0.717, 1.165) is 12.0 Å². The van der Waals surface area contributed by atoms with Crippen LogP contribution in [0.3, 0.4) is 0 Å². The summed E-state index contributed by atoms with van der Waals surface area (Å²) < 4.78 is 20.1. The van der Waals surface area contributed by atoms with E-state index in [1.807, 2.05) is 0 Å². The lowest BCUT2D eigenvalue weighted by Crippen LogP contribution is -2.47. The molecule has 0 saturated carbocycles. The quantitative estimate of drug-likeness (QED) is 0.868. The van der Waals surface area contributed by atoms with Crippen LogP contribution in [0, 0.1) is 5.82 Å². The summed E-state index contributed by atoms with van der Waals surface area (Å²) in [5, 5.41) is 2.88. The summed E-state index contributed by atoms with van der Waals surface area (Å²) in [6.07, 6.45) is 6.33. The Hall–Kier alpha value is -3.03. The summed E-state index contributed by atoms with van der Waals surface area (Å²) in [5.41, 5.74) is 1.83. The van der Waals surface area contributed by atoms with Crippen LogP contribution in [0.2, 0.25) is 0 Å². The van der Waals surface area contributed by atoms with Gasteiger partial charge in [0.25, 0.3) is 0 Å². The van der Waals surface area contributed by atoms with Crippen LogP contribution in [0.5, 0.6) is 5.75 Å². The molecule has 2 aliphatic rings. The van der Waals surface area contributed by atoms with Gasteiger partial charge in [-0.15, -0.1) is 0 Å². The van der Waals surface area contributed by atoms with Crippen molar-refractivity contribution in [2.24, 2.45) is 0 Å². The Morgan fingerprint density at radius 1 is 1.36 bits per heavy atom. The largest absolute Gasteiger partial charge is 0.487 e. The van der Waals surface area contributed by atoms with Crippen LogP contribution in [0.25, 0.3) is 11.3 Å². The van der Waals surface area contributed by atoms with Crippen molar-refractivity contribution in [3.63, 3.8) is 0 Å². The van der Waals surface area contributed by atoms with E-state index in [0.29, 0.717) is 36.4 Å². The number of carbonyl (C=O) groups is 2. The maximum Gasteiger partial charge on any atom is 0.242 e. The van der Waals surface area contributed by atoms with E-state index in [1.165, 1.54) is 19.1 Å². The van der Waals surface area contributed by atoms with Crippen LogP contribution >= 0.6 is 0 Å². The van der Waals surface area contributed by atoms with Crippen molar-refractivity contribution in [2.45, 2.75) is 38.3 Å². The third-order valence-electron chi connectivity index (χ3n) is 5.17. The van der Waals surface area contributed by atoms with E-state index in [2.05, 4.69) is 15.3 Å². The number of carbonyl (C=O) groups excluding carboxylic acids is 2. The predicted molar refractivity (Wildman–Crippen MR) is 99.0 cm³/mol. The number of ether oxygens (including phenoxy) is 1. The van der Waals surface area contributed by atoms with Crippen molar-refractivity contribution in [3.8, 4) is 17.0 Å². The number of rotatable bonds is 4. The maximum absolute atomic E-state index is 14.1. The van der Waals surface area contributed by atoms with Crippen molar-refractivity contribution in [3.05, 3.63) is 42.1 Å². The normalized spacial score (nSPS) is 20.6. The van der Waals surface area contributed by atoms with Gasteiger partial charge in [-0.2, -0.15) is 0 Å². The average molecular weight is 384 g/mol. The summed E-state index contributed by atoms with van der Waals surface area (Å²) in [6.45, 7) is 2.38. The van der Waals surface area contributed by atoms with Gasteiger partial charge in [-0.3, -0.25) is 19.6 Å². The van der Waals surface area contributed by atoms with Crippen molar-refractivity contribution in [1.29, 1.82) is 0 Å². The number of nitrogens with one attached hydrogen (secondary N) is 1. The number of likely N-dealkylation sites (tertiary alicyclic amines) is 1. The van der Waals surface area contributed by atoms with Crippen LogP contribution < -0.4 is 10.1 Å². The van der Waals surface area contributed by atoms with E-state index >= 15 is 0 Å². The van der Waals surface area contributed by atoms with Gasteiger partial charge < -0.3 is 15.0 Å². The highest BCUT2D eigenvalue weighted by Gasteiger charge is 2.33. The van der Waals surface area contributed by atoms with Crippen molar-refractivity contribution in [1.82, 2.24) is 20.2 Å². The third kappa shape index (κ3) is 3.54. The molecule has 0 radical (unpaired) electrons. The molecule has 4 rings (SSSR count). The molecule has 0 spiro atoms. The highest BCUT2D eigenvalue weighted by Crippen LogP contribution is 2.38. The molecule has 3 heterocycles. The van der Waals surface area contributed by atoms with Gasteiger partial charge in [0, 0.05) is 43.4 Å². The molecule has 1 unspecified atom stereocenters. The second-order valence-electron chi connectivity index (χ2n) is 7.09. The summed E-state index contributed by atoms with van der Waals surface area (Å²) >= 11 is 0. The van der Waals surface area contributed by atoms with E-state index in [9.17, 15) is 14.0 Å². The van der Waals surface area contributed by atoms with Crippen LogP contribution in [0.15, 0.2) is 30.7 Å². The number of fused-ring (bicyclic) bond motifs is 1. The Kier molecular flexibility index (Phi) is 4.93. The second-order valence-corrected chi connectivity index (χ2v) is 7.09. The molecule has 8 heteroatoms. The first kappa shape index (κ1) is 18.3. The van der Waals surface area contributed by atoms with Crippen LogP contribution in [-0.4, -0.2) is 51.9 Å². The van der Waals surface area contributed by atoms with Gasteiger partial charge in [0.2, 0.25) is 11.8 Å². The fourth-order valence-corrected chi connectivity index (χ4v) is 3.89. The minimum atomic E-state index is -0.422. The number of hydrogen-bond acceptors (Lipinski definition) is 5. The standard InChI is InChI=1S/C20H21FN4O3/c1-12(26)25-6-2-3-18(25)20(27)24-10-15-8-13-7-14(21)9-16(19(13)28-15)17-11-22-4-5-23-17/h4-5,7,9,11,15,18H,2-3,6,8,10H2,1H3,(H,24,27)/t15?,18-/m0/s1. The molecule has 2 amide bonds. The summed E-state index contributed by atoms with van der Waals surface area (Å²) in [4.78, 5) is 34.0. The van der Waals surface area contributed by atoms with Gasteiger partial charge in [0.1, 0.15) is 23.7 Å². The SMILES string of the molecule is CC(=O)N1CCC[C@H]1C(=O)NCC1Cc2cc(F)cc(-c3cnccn3)c2O1. The lowest BCUT2D eigenvalue weighted by atomic mass is 10.0. The summed E-state index contributed by atoms with van der Waals surface area (Å²) in [6, 6.07) is 2.41. The molecule has 146 valence electrons. The molecule has 1 aromatic heterocycles. The maximum atomic E-state index is 14.1. The first-order valence-corrected chi connectivity index (χ1v) is 9.33. The molecular formula is C20H21FN4O3. The van der Waals surface area contributed by atoms with Crippen LogP contribution in [-0.2, 0) is 16.0 Å². The lowest BCUT2D eigenvalue weighted by Gasteiger charge is -2.23. The molecule has 0 aliphatic carbocycles. The minimum Gasteiger partial charge on any atom is -0.487 e. The van der Waals surface area contributed by atoms with Gasteiger partial charge in [0.15, 0.2) is 0 Å². The predicted octanol–water partition coefficient (Wildman–Crippen LogP) is 1.71. The Balaban J connectivity index is 1.44. The van der Waals surface area contributed by atoms with Gasteiger partial charge in [-0.1, -0.05) is 0 Å². The van der Waals surface area contributed by atoms with E-state index in [1.54, 1.807) is 23.5 Å². The Morgan fingerprint density at radius 2 is 2.21 bits per heavy atom. The molecule has 2 aliphatic heterocycles. The molecule has 2 atom stereocenters. The zero-order chi connectivity index (χ0) is 19.7. The van der Waals surface area contributed by atoms with Gasteiger partial charge >= 0.3 is 0 Å². The minimum absolute atomic E-state index is 0.0914. The van der Waals surface area contributed by atoms with Crippen LogP contribution in [0.4, 0.5) is 4.39 Å². The fourth-order valence-electron chi connectivity index (χ4n) is 3.89. The smallest absolute Gasteiger partial charge is 0.242 e. The van der Waals surface area contributed by atoms with Gasteiger partial charge in [-0.25, -0.2) is 4.39 Å². The van der Waals surface area contributed by atoms with Crippen molar-refractivity contribution >= 4 is 11.8 Å². The summed E-state index contributed by atoms with van der Waals surface area (Å²) in [7, 11) is 0. The molecule has 2 aromatic rings. The lowest BCUT2D eigenvalue weighted by molar-refractivity contribution is -0.137. The number of hydrogen-bond donors (Lipinski definition) is 1. The number of nitrogens with zero attached hydrogens (tertiary/aromatic N) is 3. The second kappa shape index (κ2) is 7.53. The van der Waals surface area contributed by atoms with Crippen molar-refractivity contribution in [2.75, 3.05) is 13.1 Å². The van der Waals surface area contributed by atoms with E-state index < -0.39 is 6.04 Å². The monoisotopic (exact) mass is 384 g/mol. The first-order valence-electron chi connectivity index (χ1n) is 9.33. The average Bonchev–Trinajstić information content (AvgIpc) is 3.33. The van der Waals surface area contributed by atoms with E-state index in [4.69, 9.17) is 4.74 Å². The van der Waals surface area contributed by atoms with Gasteiger partial charge in [0.05, 0.1) is 18.4 Å². The number of amides is 2. The van der Waals surface area contributed by atoms with Crippen molar-refractivity contribution < 1.29 is 18.7 Å². The highest BCUT2D eigenvalue weighted by atomic mass is 19.1. The zero-order valence-corrected chi connectivity index (χ0v) is 15.5. The topological polar surface area (TPSA) is 84.4 Å². The molecule has 28 heavy (non-hydrogen) atoms. The molecule has 0 bridgehead atoms. The Morgan fingerprint density at radius 3 is 2.96 bits per heavy atom. The molecule has 1 aromatic carbocycles. The van der Waals surface area contributed by atoms with Gasteiger partial charge in [-0.05, 0) is 25.0 Å².